The number of carbonyl (C=O) groups is 2. The molecule has 2 saturated heterocycles. The number of nitrogens with zero attached hydrogens (tertiary/aromatic N) is 3. The Bertz CT molecular complexity index is 994. The Balaban J connectivity index is 1.64. The third-order valence-corrected chi connectivity index (χ3v) is 5.66. The number of aliphatic imine (C=N–C) groups is 1. The second kappa shape index (κ2) is 8.23. The number of ether oxygens (including phenoxy) is 1. The van der Waals surface area contributed by atoms with Crippen LogP contribution in [-0.2, 0) is 17.9 Å². The number of guanidine groups is 1. The van der Waals surface area contributed by atoms with E-state index in [0.717, 1.165) is 16.9 Å². The van der Waals surface area contributed by atoms with Crippen molar-refractivity contribution in [3.63, 3.8) is 0 Å². The summed E-state index contributed by atoms with van der Waals surface area (Å²) in [5, 5.41) is 6.25. The van der Waals surface area contributed by atoms with Crippen molar-refractivity contribution in [1.29, 1.82) is 0 Å². The van der Waals surface area contributed by atoms with Crippen LogP contribution in [0.3, 0.4) is 0 Å². The van der Waals surface area contributed by atoms with Gasteiger partial charge < -0.3 is 19.9 Å². The van der Waals surface area contributed by atoms with Crippen LogP contribution >= 0.6 is 11.6 Å². The molecule has 2 aromatic carbocycles. The lowest BCUT2D eigenvalue weighted by Crippen LogP contribution is -2.64. The third-order valence-electron chi connectivity index (χ3n) is 5.29. The summed E-state index contributed by atoms with van der Waals surface area (Å²) in [6.45, 7) is 0.787. The molecule has 4 rings (SSSR count). The monoisotopic (exact) mass is 427 g/mol. The number of nitrogens with one attached hydrogen (secondary N) is 2. The van der Waals surface area contributed by atoms with Gasteiger partial charge in [-0.15, -0.1) is 0 Å². The van der Waals surface area contributed by atoms with Crippen molar-refractivity contribution in [3.05, 3.63) is 64.7 Å². The van der Waals surface area contributed by atoms with Crippen molar-refractivity contribution < 1.29 is 14.3 Å². The summed E-state index contributed by atoms with van der Waals surface area (Å²) < 4.78 is 5.19. The molecule has 9 heteroatoms. The zero-order chi connectivity index (χ0) is 21.3. The largest absolute Gasteiger partial charge is 0.497 e. The summed E-state index contributed by atoms with van der Waals surface area (Å²) >= 11 is 6.35. The van der Waals surface area contributed by atoms with Crippen molar-refractivity contribution in [2.45, 2.75) is 25.3 Å². The van der Waals surface area contributed by atoms with Gasteiger partial charge in [0, 0.05) is 18.6 Å². The van der Waals surface area contributed by atoms with Crippen LogP contribution in [0.2, 0.25) is 5.02 Å². The van der Waals surface area contributed by atoms with Crippen LogP contribution < -0.4 is 15.4 Å². The average Bonchev–Trinajstić information content (AvgIpc) is 3.11. The minimum absolute atomic E-state index is 0.364. The minimum Gasteiger partial charge on any atom is -0.497 e. The Morgan fingerprint density at radius 1 is 1.13 bits per heavy atom. The quantitative estimate of drug-likeness (QED) is 0.763. The Hall–Kier alpha value is -3.26. The number of fused-ring (bicyclic) bond motifs is 1. The molecule has 2 N–H and O–H groups in total. The Labute approximate surface area is 179 Å². The van der Waals surface area contributed by atoms with Gasteiger partial charge in [-0.2, -0.15) is 0 Å². The highest BCUT2D eigenvalue weighted by molar-refractivity contribution is 6.31. The molecule has 3 amide bonds. The molecule has 2 heterocycles. The van der Waals surface area contributed by atoms with E-state index in [1.807, 2.05) is 53.4 Å². The number of carbonyl (C=O) groups excluding carboxylic acids is 2. The highest BCUT2D eigenvalue weighted by atomic mass is 35.5. The van der Waals surface area contributed by atoms with Crippen molar-refractivity contribution in [2.75, 3.05) is 14.2 Å². The fourth-order valence-electron chi connectivity index (χ4n) is 3.60. The van der Waals surface area contributed by atoms with Gasteiger partial charge >= 0.3 is 6.03 Å². The molecule has 2 fully saturated rings. The summed E-state index contributed by atoms with van der Waals surface area (Å²) in [5.74, 6) is 0.948. The second-order valence-corrected chi connectivity index (χ2v) is 7.55. The molecule has 0 spiro atoms. The molecule has 2 aliphatic rings. The van der Waals surface area contributed by atoms with Crippen molar-refractivity contribution in [3.8, 4) is 5.75 Å². The predicted molar refractivity (Wildman–Crippen MR) is 113 cm³/mol. The zero-order valence-electron chi connectivity index (χ0n) is 16.6. The maximum atomic E-state index is 12.7. The number of hydrogen-bond donors (Lipinski definition) is 2. The number of amides is 3. The Kier molecular flexibility index (Phi) is 5.50. The molecular formula is C21H22ClN5O3. The first-order valence-electron chi connectivity index (χ1n) is 9.49. The topological polar surface area (TPSA) is 86.3 Å². The van der Waals surface area contributed by atoms with Gasteiger partial charge in [-0.05, 0) is 29.3 Å². The Morgan fingerprint density at radius 3 is 2.57 bits per heavy atom. The first-order chi connectivity index (χ1) is 14.5. The molecule has 0 saturated carbocycles. The van der Waals surface area contributed by atoms with Gasteiger partial charge in [0.25, 0.3) is 5.91 Å². The van der Waals surface area contributed by atoms with Gasteiger partial charge in [0.2, 0.25) is 0 Å². The Morgan fingerprint density at radius 2 is 1.87 bits per heavy atom. The van der Waals surface area contributed by atoms with Crippen LogP contribution in [0.5, 0.6) is 5.75 Å². The van der Waals surface area contributed by atoms with Gasteiger partial charge in [0.05, 0.1) is 13.7 Å². The number of imide groups is 1. The number of hydrogen-bond acceptors (Lipinski definition) is 4. The maximum Gasteiger partial charge on any atom is 0.325 e. The molecule has 2 unspecified atom stereocenters. The van der Waals surface area contributed by atoms with E-state index < -0.39 is 18.2 Å². The summed E-state index contributed by atoms with van der Waals surface area (Å²) in [7, 11) is 3.27. The van der Waals surface area contributed by atoms with E-state index in [9.17, 15) is 9.59 Å². The zero-order valence-corrected chi connectivity index (χ0v) is 17.4. The van der Waals surface area contributed by atoms with Gasteiger partial charge in [-0.3, -0.25) is 10.1 Å². The van der Waals surface area contributed by atoms with Crippen LogP contribution in [0.1, 0.15) is 11.1 Å². The lowest BCUT2D eigenvalue weighted by molar-refractivity contribution is -0.127. The molecule has 156 valence electrons. The van der Waals surface area contributed by atoms with Crippen molar-refractivity contribution in [2.24, 2.45) is 4.99 Å². The molecule has 0 radical (unpaired) electrons. The molecule has 0 aliphatic carbocycles. The van der Waals surface area contributed by atoms with Crippen LogP contribution in [0, 0.1) is 0 Å². The number of urea groups is 1. The summed E-state index contributed by atoms with van der Waals surface area (Å²) in [4.78, 5) is 32.8. The first kappa shape index (κ1) is 20.0. The van der Waals surface area contributed by atoms with Crippen molar-refractivity contribution in [1.82, 2.24) is 20.4 Å². The molecule has 8 nitrogen and oxygen atoms in total. The molecule has 0 bridgehead atoms. The van der Waals surface area contributed by atoms with E-state index in [-0.39, 0.29) is 5.91 Å². The molecule has 2 atom stereocenters. The molecule has 30 heavy (non-hydrogen) atoms. The van der Waals surface area contributed by atoms with E-state index in [1.54, 1.807) is 14.2 Å². The molecule has 0 aromatic heterocycles. The van der Waals surface area contributed by atoms with Crippen LogP contribution in [0.15, 0.2) is 53.5 Å². The predicted octanol–water partition coefficient (Wildman–Crippen LogP) is 2.19. The molecule has 2 aromatic rings. The van der Waals surface area contributed by atoms with Crippen molar-refractivity contribution >= 4 is 29.5 Å². The smallest absolute Gasteiger partial charge is 0.325 e. The fraction of sp³-hybridized carbons (Fsp3) is 0.286. The summed E-state index contributed by atoms with van der Waals surface area (Å²) in [6.07, 6.45) is -0.511. The van der Waals surface area contributed by atoms with Crippen LogP contribution in [0.25, 0.3) is 0 Å². The lowest BCUT2D eigenvalue weighted by atomic mass is 10.1. The highest BCUT2D eigenvalue weighted by Crippen LogP contribution is 2.25. The second-order valence-electron chi connectivity index (χ2n) is 7.15. The number of rotatable bonds is 5. The molecule has 2 aliphatic heterocycles. The van der Waals surface area contributed by atoms with Gasteiger partial charge in [-0.25, -0.2) is 9.79 Å². The fourth-order valence-corrected chi connectivity index (χ4v) is 3.80. The SMILES string of the molecule is COc1ccc(CN=C2NC3C(C(=O)NC(=O)N3C)N2Cc2ccccc2Cl)cc1. The average molecular weight is 428 g/mol. The number of benzene rings is 2. The highest BCUT2D eigenvalue weighted by Gasteiger charge is 2.49. The third kappa shape index (κ3) is 3.78. The number of likely N-dealkylation sites (N-methyl/N-ethyl adjacent to an activating group) is 1. The van der Waals surface area contributed by atoms with E-state index in [4.69, 9.17) is 21.3 Å². The van der Waals surface area contributed by atoms with Gasteiger partial charge in [-0.1, -0.05) is 41.9 Å². The van der Waals surface area contributed by atoms with Gasteiger partial charge in [0.15, 0.2) is 12.0 Å². The van der Waals surface area contributed by atoms with E-state index in [0.29, 0.717) is 24.1 Å². The van der Waals surface area contributed by atoms with Crippen LogP contribution in [-0.4, -0.2) is 54.1 Å². The minimum atomic E-state index is -0.612. The molecular weight excluding hydrogens is 406 g/mol. The van der Waals surface area contributed by atoms with Gasteiger partial charge in [0.1, 0.15) is 11.9 Å². The number of methoxy groups -OCH3 is 1. The summed E-state index contributed by atoms with van der Waals surface area (Å²) in [6, 6.07) is 14.0. The maximum absolute atomic E-state index is 12.7. The van der Waals surface area contributed by atoms with E-state index in [1.165, 1.54) is 4.90 Å². The summed E-state index contributed by atoms with van der Waals surface area (Å²) in [5.41, 5.74) is 1.86. The van der Waals surface area contributed by atoms with E-state index in [2.05, 4.69) is 10.6 Å². The normalized spacial score (nSPS) is 22.0. The lowest BCUT2D eigenvalue weighted by Gasteiger charge is -2.35. The standard InChI is InChI=1S/C21H22ClN5O3/c1-26-18-17(19(28)25-21(26)29)27(12-14-5-3-4-6-16(14)22)20(24-18)23-11-13-7-9-15(30-2)10-8-13/h3-10,17-18H,11-12H2,1-2H3,(H,23,24)(H,25,28,29). The van der Waals surface area contributed by atoms with E-state index >= 15 is 0 Å². The number of halogens is 1. The van der Waals surface area contributed by atoms with Crippen LogP contribution in [0.4, 0.5) is 4.79 Å². The first-order valence-corrected chi connectivity index (χ1v) is 9.87.